The number of thiol groups is 1. The molecule has 5 heteroatoms. The fourth-order valence-corrected chi connectivity index (χ4v) is 1.74. The Labute approximate surface area is 98.2 Å². The summed E-state index contributed by atoms with van der Waals surface area (Å²) in [6.07, 6.45) is 0. The molecule has 0 aromatic heterocycles. The minimum absolute atomic E-state index is 0.113. The van der Waals surface area contributed by atoms with E-state index >= 15 is 0 Å². The molecule has 14 heavy (non-hydrogen) atoms. The van der Waals surface area contributed by atoms with Crippen LogP contribution in [0.15, 0.2) is 18.2 Å². The number of hydrogen-bond acceptors (Lipinski definition) is 2. The molecule has 2 nitrogen and oxygen atoms in total. The summed E-state index contributed by atoms with van der Waals surface area (Å²) in [6.45, 7) is 0. The highest BCUT2D eigenvalue weighted by atomic mass is 35.5. The van der Waals surface area contributed by atoms with Crippen LogP contribution in [0.3, 0.4) is 0 Å². The van der Waals surface area contributed by atoms with Gasteiger partial charge in [-0.1, -0.05) is 23.2 Å². The van der Waals surface area contributed by atoms with Gasteiger partial charge in [-0.2, -0.15) is 12.6 Å². The Morgan fingerprint density at radius 1 is 1.50 bits per heavy atom. The highest BCUT2D eigenvalue weighted by Gasteiger charge is 2.12. The number of anilines is 1. The van der Waals surface area contributed by atoms with Gasteiger partial charge in [0.1, 0.15) is 0 Å². The van der Waals surface area contributed by atoms with Crippen molar-refractivity contribution in [2.75, 3.05) is 17.7 Å². The van der Waals surface area contributed by atoms with Gasteiger partial charge in [-0.25, -0.2) is 0 Å². The largest absolute Gasteiger partial charge is 0.313 e. The van der Waals surface area contributed by atoms with Crippen LogP contribution >= 0.6 is 35.8 Å². The minimum atomic E-state index is -0.113. The van der Waals surface area contributed by atoms with Crippen LogP contribution in [0.1, 0.15) is 0 Å². The van der Waals surface area contributed by atoms with E-state index in [4.69, 9.17) is 23.2 Å². The molecule has 0 atom stereocenters. The molecular formula is C9H9Cl2NOS. The van der Waals surface area contributed by atoms with Crippen LogP contribution in [0.25, 0.3) is 0 Å². The van der Waals surface area contributed by atoms with Crippen molar-refractivity contribution in [3.8, 4) is 0 Å². The third-order valence-corrected chi connectivity index (χ3v) is 2.59. The zero-order valence-electron chi connectivity index (χ0n) is 7.50. The van der Waals surface area contributed by atoms with Gasteiger partial charge in [0.15, 0.2) is 0 Å². The molecule has 0 aliphatic carbocycles. The quantitative estimate of drug-likeness (QED) is 0.800. The van der Waals surface area contributed by atoms with Crippen molar-refractivity contribution in [3.63, 3.8) is 0 Å². The van der Waals surface area contributed by atoms with Crippen LogP contribution < -0.4 is 4.90 Å². The lowest BCUT2D eigenvalue weighted by molar-refractivity contribution is -0.115. The third-order valence-electron chi connectivity index (χ3n) is 1.78. The number of rotatable bonds is 2. The normalized spacial score (nSPS) is 10.0. The molecule has 1 aromatic carbocycles. The molecule has 0 radical (unpaired) electrons. The van der Waals surface area contributed by atoms with Gasteiger partial charge in [0.05, 0.1) is 16.5 Å². The van der Waals surface area contributed by atoms with Crippen molar-refractivity contribution in [1.29, 1.82) is 0 Å². The summed E-state index contributed by atoms with van der Waals surface area (Å²) in [7, 11) is 1.65. The number of carbonyl (C=O) groups is 1. The lowest BCUT2D eigenvalue weighted by Gasteiger charge is -2.17. The zero-order valence-corrected chi connectivity index (χ0v) is 9.90. The van der Waals surface area contributed by atoms with E-state index in [0.29, 0.717) is 15.7 Å². The lowest BCUT2D eigenvalue weighted by atomic mass is 10.3. The second kappa shape index (κ2) is 4.91. The second-order valence-electron chi connectivity index (χ2n) is 2.71. The molecule has 0 saturated heterocycles. The summed E-state index contributed by atoms with van der Waals surface area (Å²) in [6, 6.07) is 4.98. The van der Waals surface area contributed by atoms with Gasteiger partial charge in [0.25, 0.3) is 0 Å². The fraction of sp³-hybridized carbons (Fsp3) is 0.222. The maximum Gasteiger partial charge on any atom is 0.236 e. The highest BCUT2D eigenvalue weighted by Crippen LogP contribution is 2.28. The molecule has 0 spiro atoms. The predicted octanol–water partition coefficient (Wildman–Crippen LogP) is 2.89. The SMILES string of the molecule is CN(C(=O)CS)c1ccc(Cl)cc1Cl. The maximum absolute atomic E-state index is 11.3. The lowest BCUT2D eigenvalue weighted by Crippen LogP contribution is -2.27. The Morgan fingerprint density at radius 2 is 2.14 bits per heavy atom. The molecule has 0 heterocycles. The number of carbonyl (C=O) groups excluding carboxylic acids is 1. The van der Waals surface area contributed by atoms with Crippen LogP contribution in [-0.4, -0.2) is 18.7 Å². The van der Waals surface area contributed by atoms with Crippen molar-refractivity contribution < 1.29 is 4.79 Å². The van der Waals surface area contributed by atoms with Gasteiger partial charge in [0, 0.05) is 12.1 Å². The Bertz CT molecular complexity index is 357. The van der Waals surface area contributed by atoms with Crippen LogP contribution in [0.4, 0.5) is 5.69 Å². The molecule has 1 aromatic rings. The van der Waals surface area contributed by atoms with E-state index in [9.17, 15) is 4.79 Å². The topological polar surface area (TPSA) is 20.3 Å². The summed E-state index contributed by atoms with van der Waals surface area (Å²) >= 11 is 15.6. The number of hydrogen-bond donors (Lipinski definition) is 1. The van der Waals surface area contributed by atoms with Crippen molar-refractivity contribution in [3.05, 3.63) is 28.2 Å². The number of nitrogens with zero attached hydrogens (tertiary/aromatic N) is 1. The van der Waals surface area contributed by atoms with E-state index in [1.807, 2.05) is 0 Å². The number of benzene rings is 1. The Kier molecular flexibility index (Phi) is 4.11. The molecule has 0 saturated carbocycles. The first-order valence-electron chi connectivity index (χ1n) is 3.88. The number of halogens is 2. The molecule has 0 unspecified atom stereocenters. The van der Waals surface area contributed by atoms with Crippen LogP contribution in [0, 0.1) is 0 Å². The summed E-state index contributed by atoms with van der Waals surface area (Å²) in [5, 5.41) is 1.00. The monoisotopic (exact) mass is 249 g/mol. The van der Waals surface area contributed by atoms with Crippen molar-refractivity contribution in [1.82, 2.24) is 0 Å². The predicted molar refractivity (Wildman–Crippen MR) is 63.7 cm³/mol. The standard InChI is InChI=1S/C9H9Cl2NOS/c1-12(9(13)5-14)8-3-2-6(10)4-7(8)11/h2-4,14H,5H2,1H3. The average molecular weight is 250 g/mol. The summed E-state index contributed by atoms with van der Waals surface area (Å²) < 4.78 is 0. The molecule has 0 aliphatic heterocycles. The van der Waals surface area contributed by atoms with Gasteiger partial charge in [-0.15, -0.1) is 0 Å². The third kappa shape index (κ3) is 2.56. The van der Waals surface area contributed by atoms with E-state index in [0.717, 1.165) is 0 Å². The summed E-state index contributed by atoms with van der Waals surface area (Å²) in [5.74, 6) is 0.0349. The molecule has 0 bridgehead atoms. The second-order valence-corrected chi connectivity index (χ2v) is 3.87. The van der Waals surface area contributed by atoms with E-state index in [-0.39, 0.29) is 11.7 Å². The van der Waals surface area contributed by atoms with Crippen molar-refractivity contribution in [2.45, 2.75) is 0 Å². The van der Waals surface area contributed by atoms with E-state index < -0.39 is 0 Å². The average Bonchev–Trinajstić information content (AvgIpc) is 2.15. The zero-order chi connectivity index (χ0) is 10.7. The van der Waals surface area contributed by atoms with Gasteiger partial charge < -0.3 is 4.90 Å². The Balaban J connectivity index is 3.01. The highest BCUT2D eigenvalue weighted by molar-refractivity contribution is 7.81. The van der Waals surface area contributed by atoms with Crippen molar-refractivity contribution >= 4 is 47.4 Å². The first kappa shape index (κ1) is 11.7. The first-order valence-corrected chi connectivity index (χ1v) is 5.27. The number of amides is 1. The molecule has 1 amide bonds. The maximum atomic E-state index is 11.3. The summed E-state index contributed by atoms with van der Waals surface area (Å²) in [4.78, 5) is 12.8. The van der Waals surface area contributed by atoms with Gasteiger partial charge in [-0.3, -0.25) is 4.79 Å². The van der Waals surface area contributed by atoms with Gasteiger partial charge in [-0.05, 0) is 18.2 Å². The fourth-order valence-electron chi connectivity index (χ4n) is 0.994. The van der Waals surface area contributed by atoms with E-state index in [1.165, 1.54) is 4.90 Å². The van der Waals surface area contributed by atoms with E-state index in [1.54, 1.807) is 25.2 Å². The van der Waals surface area contributed by atoms with Crippen molar-refractivity contribution in [2.24, 2.45) is 0 Å². The van der Waals surface area contributed by atoms with Crippen LogP contribution in [0.2, 0.25) is 10.0 Å². The molecule has 1 rings (SSSR count). The minimum Gasteiger partial charge on any atom is -0.313 e. The molecule has 76 valence electrons. The molecule has 0 aliphatic rings. The molecule has 0 fully saturated rings. The first-order chi connectivity index (χ1) is 6.56. The smallest absolute Gasteiger partial charge is 0.236 e. The molecule has 0 N–H and O–H groups in total. The Morgan fingerprint density at radius 3 is 2.64 bits per heavy atom. The van der Waals surface area contributed by atoms with Gasteiger partial charge >= 0.3 is 0 Å². The van der Waals surface area contributed by atoms with Crippen LogP contribution in [0.5, 0.6) is 0 Å². The summed E-state index contributed by atoms with van der Waals surface area (Å²) in [5.41, 5.74) is 0.634. The van der Waals surface area contributed by atoms with Crippen LogP contribution in [-0.2, 0) is 4.79 Å². The Hall–Kier alpha value is -0.380. The van der Waals surface area contributed by atoms with Gasteiger partial charge in [0.2, 0.25) is 5.91 Å². The molecular weight excluding hydrogens is 241 g/mol. The van der Waals surface area contributed by atoms with E-state index in [2.05, 4.69) is 12.6 Å².